The average Bonchev–Trinajstić information content (AvgIpc) is 3.75. The molecule has 4 aromatic heterocycles. The fraction of sp³-hybridized carbons (Fsp3) is 0. The summed E-state index contributed by atoms with van der Waals surface area (Å²) in [4.78, 5) is 25.4. The molecule has 6 aromatic carbocycles. The standard InChI is InChI=1S/C41H24N6S/c1-3-13-25(14-4-1)37-44-38(26-15-5-2-6-16-26)46-39(45-37)29-19-12-24-34-35(29)28-18-11-20-30(36(28)48-34)41-42-31-21-8-7-17-27(31)40-43-32-22-9-10-23-33(32)47(40)41/h1-24H. The number of benzene rings is 6. The van der Waals surface area contributed by atoms with E-state index >= 15 is 0 Å². The van der Waals surface area contributed by atoms with Crippen LogP contribution in [0.1, 0.15) is 0 Å². The van der Waals surface area contributed by atoms with E-state index < -0.39 is 0 Å². The Morgan fingerprint density at radius 3 is 1.81 bits per heavy atom. The number of para-hydroxylation sites is 3. The summed E-state index contributed by atoms with van der Waals surface area (Å²) in [5, 5.41) is 3.29. The summed E-state index contributed by atoms with van der Waals surface area (Å²) in [6.07, 6.45) is 0. The van der Waals surface area contributed by atoms with E-state index in [9.17, 15) is 0 Å². The molecule has 0 aliphatic carbocycles. The van der Waals surface area contributed by atoms with Gasteiger partial charge >= 0.3 is 0 Å². The van der Waals surface area contributed by atoms with Gasteiger partial charge in [0.05, 0.1) is 16.6 Å². The highest BCUT2D eigenvalue weighted by atomic mass is 32.1. The molecule has 0 amide bonds. The third-order valence-corrected chi connectivity index (χ3v) is 10.1. The number of hydrogen-bond acceptors (Lipinski definition) is 6. The predicted octanol–water partition coefficient (Wildman–Crippen LogP) is 10.3. The van der Waals surface area contributed by atoms with Crippen molar-refractivity contribution in [2.75, 3.05) is 0 Å². The highest BCUT2D eigenvalue weighted by Gasteiger charge is 2.21. The van der Waals surface area contributed by atoms with Gasteiger partial charge in [-0.05, 0) is 36.4 Å². The van der Waals surface area contributed by atoms with Crippen LogP contribution in [0, 0.1) is 0 Å². The van der Waals surface area contributed by atoms with Crippen LogP contribution in [0.15, 0.2) is 146 Å². The molecule has 0 bridgehead atoms. The van der Waals surface area contributed by atoms with Crippen LogP contribution < -0.4 is 0 Å². The summed E-state index contributed by atoms with van der Waals surface area (Å²) in [6.45, 7) is 0. The van der Waals surface area contributed by atoms with Crippen LogP contribution in [0.4, 0.5) is 0 Å². The van der Waals surface area contributed by atoms with Crippen LogP contribution >= 0.6 is 11.3 Å². The molecular weight excluding hydrogens is 609 g/mol. The minimum Gasteiger partial charge on any atom is -0.276 e. The summed E-state index contributed by atoms with van der Waals surface area (Å²) in [5.41, 5.74) is 7.72. The highest BCUT2D eigenvalue weighted by Crippen LogP contribution is 2.44. The van der Waals surface area contributed by atoms with E-state index in [2.05, 4.69) is 71.1 Å². The number of fused-ring (bicyclic) bond motifs is 8. The maximum absolute atomic E-state index is 5.28. The molecule has 6 nitrogen and oxygen atoms in total. The maximum atomic E-state index is 5.28. The third-order valence-electron chi connectivity index (χ3n) is 8.85. The molecule has 0 N–H and O–H groups in total. The molecule has 0 spiro atoms. The van der Waals surface area contributed by atoms with E-state index in [1.165, 1.54) is 0 Å². The van der Waals surface area contributed by atoms with Gasteiger partial charge in [0.25, 0.3) is 0 Å². The van der Waals surface area contributed by atoms with Crippen molar-refractivity contribution in [3.05, 3.63) is 146 Å². The smallest absolute Gasteiger partial charge is 0.164 e. The number of hydrogen-bond donors (Lipinski definition) is 0. The second kappa shape index (κ2) is 10.6. The molecule has 10 aromatic rings. The van der Waals surface area contributed by atoms with E-state index in [1.54, 1.807) is 11.3 Å². The Bertz CT molecular complexity index is 2780. The zero-order chi connectivity index (χ0) is 31.6. The van der Waals surface area contributed by atoms with E-state index in [1.807, 2.05) is 78.9 Å². The molecule has 0 unspecified atom stereocenters. The molecule has 0 aliphatic heterocycles. The zero-order valence-corrected chi connectivity index (χ0v) is 26.3. The van der Waals surface area contributed by atoms with Crippen LogP contribution in [-0.4, -0.2) is 29.3 Å². The van der Waals surface area contributed by atoms with Crippen LogP contribution in [0.25, 0.3) is 93.3 Å². The number of aromatic nitrogens is 6. The lowest BCUT2D eigenvalue weighted by Gasteiger charge is -2.11. The van der Waals surface area contributed by atoms with Gasteiger partial charge in [-0.1, -0.05) is 109 Å². The second-order valence-corrected chi connectivity index (χ2v) is 12.8. The van der Waals surface area contributed by atoms with E-state index in [0.717, 1.165) is 75.8 Å². The first-order valence-corrected chi connectivity index (χ1v) is 16.6. The monoisotopic (exact) mass is 632 g/mol. The van der Waals surface area contributed by atoms with Crippen LogP contribution in [0.3, 0.4) is 0 Å². The number of nitrogens with zero attached hydrogens (tertiary/aromatic N) is 6. The first-order valence-electron chi connectivity index (χ1n) is 15.8. The van der Waals surface area contributed by atoms with Crippen molar-refractivity contribution < 1.29 is 0 Å². The van der Waals surface area contributed by atoms with Crippen molar-refractivity contribution in [1.29, 1.82) is 0 Å². The van der Waals surface area contributed by atoms with Gasteiger partial charge in [0.2, 0.25) is 0 Å². The highest BCUT2D eigenvalue weighted by molar-refractivity contribution is 7.26. The van der Waals surface area contributed by atoms with Gasteiger partial charge in [-0.3, -0.25) is 4.40 Å². The Labute approximate surface area is 278 Å². The Morgan fingerprint density at radius 1 is 0.438 bits per heavy atom. The van der Waals surface area contributed by atoms with E-state index in [4.69, 9.17) is 24.9 Å². The first kappa shape index (κ1) is 26.9. The van der Waals surface area contributed by atoms with Gasteiger partial charge in [0.15, 0.2) is 17.5 Å². The summed E-state index contributed by atoms with van der Waals surface area (Å²) >= 11 is 1.77. The molecule has 0 saturated heterocycles. The minimum absolute atomic E-state index is 0.644. The second-order valence-electron chi connectivity index (χ2n) is 11.7. The molecule has 0 saturated carbocycles. The quantitative estimate of drug-likeness (QED) is 0.193. The normalized spacial score (nSPS) is 11.8. The molecule has 48 heavy (non-hydrogen) atoms. The number of rotatable bonds is 4. The molecular formula is C41H24N6S. The van der Waals surface area contributed by atoms with Gasteiger partial charge in [0.1, 0.15) is 11.5 Å². The fourth-order valence-electron chi connectivity index (χ4n) is 6.67. The Balaban J connectivity index is 1.25. The molecule has 10 rings (SSSR count). The van der Waals surface area contributed by atoms with Crippen LogP contribution in [0.5, 0.6) is 0 Å². The Hall–Kier alpha value is -6.31. The average molecular weight is 633 g/mol. The molecule has 0 radical (unpaired) electrons. The Morgan fingerprint density at radius 2 is 1.04 bits per heavy atom. The topological polar surface area (TPSA) is 68.9 Å². The summed E-state index contributed by atoms with van der Waals surface area (Å²) in [7, 11) is 0. The third kappa shape index (κ3) is 4.15. The summed E-state index contributed by atoms with van der Waals surface area (Å²) < 4.78 is 4.52. The minimum atomic E-state index is 0.644. The molecule has 224 valence electrons. The zero-order valence-electron chi connectivity index (χ0n) is 25.4. The van der Waals surface area contributed by atoms with Crippen molar-refractivity contribution in [2.45, 2.75) is 0 Å². The first-order chi connectivity index (χ1) is 23.8. The SMILES string of the molecule is c1ccc(-c2nc(-c3ccccc3)nc(-c3cccc4sc5c(-c6nc7ccccc7c7nc8ccccc8n67)cccc5c34)n2)cc1. The van der Waals surface area contributed by atoms with Crippen molar-refractivity contribution in [3.8, 4) is 45.6 Å². The van der Waals surface area contributed by atoms with Crippen molar-refractivity contribution in [3.63, 3.8) is 0 Å². The molecule has 0 atom stereocenters. The maximum Gasteiger partial charge on any atom is 0.164 e. The largest absolute Gasteiger partial charge is 0.276 e. The van der Waals surface area contributed by atoms with Crippen molar-refractivity contribution >= 4 is 59.1 Å². The van der Waals surface area contributed by atoms with Gasteiger partial charge in [-0.25, -0.2) is 24.9 Å². The van der Waals surface area contributed by atoms with Gasteiger partial charge in [-0.2, -0.15) is 0 Å². The lowest BCUT2D eigenvalue weighted by atomic mass is 10.0. The lowest BCUT2D eigenvalue weighted by Crippen LogP contribution is -2.00. The van der Waals surface area contributed by atoms with Crippen molar-refractivity contribution in [2.24, 2.45) is 0 Å². The molecule has 7 heteroatoms. The van der Waals surface area contributed by atoms with Crippen LogP contribution in [-0.2, 0) is 0 Å². The van der Waals surface area contributed by atoms with Crippen molar-refractivity contribution in [1.82, 2.24) is 29.3 Å². The number of imidazole rings is 1. The molecule has 0 aliphatic rings. The number of thiophene rings is 1. The lowest BCUT2D eigenvalue weighted by molar-refractivity contribution is 1.08. The summed E-state index contributed by atoms with van der Waals surface area (Å²) in [6, 6.07) is 49.6. The molecule has 0 fully saturated rings. The van der Waals surface area contributed by atoms with Gasteiger partial charge in [-0.15, -0.1) is 11.3 Å². The van der Waals surface area contributed by atoms with Crippen LogP contribution in [0.2, 0.25) is 0 Å². The van der Waals surface area contributed by atoms with Gasteiger partial charge < -0.3 is 0 Å². The molecule has 4 heterocycles. The predicted molar refractivity (Wildman–Crippen MR) is 196 cm³/mol. The Kier molecular flexibility index (Phi) is 5.94. The van der Waals surface area contributed by atoms with E-state index in [-0.39, 0.29) is 0 Å². The van der Waals surface area contributed by atoms with E-state index in [0.29, 0.717) is 17.5 Å². The fourth-order valence-corrected chi connectivity index (χ4v) is 7.90. The summed E-state index contributed by atoms with van der Waals surface area (Å²) in [5.74, 6) is 2.80. The van der Waals surface area contributed by atoms with Gasteiger partial charge in [0, 0.05) is 47.8 Å².